The fourth-order valence-electron chi connectivity index (χ4n) is 4.44. The van der Waals surface area contributed by atoms with Gasteiger partial charge in [0.15, 0.2) is 0 Å². The predicted molar refractivity (Wildman–Crippen MR) is 131 cm³/mol. The van der Waals surface area contributed by atoms with E-state index in [1.54, 1.807) is 51.1 Å². The number of carboxylic acid groups (broad SMARTS) is 1. The highest BCUT2D eigenvalue weighted by atomic mass is 79.9. The minimum Gasteiger partial charge on any atom is -0.465 e. The summed E-state index contributed by atoms with van der Waals surface area (Å²) in [5.41, 5.74) is -0.920. The molecule has 34 heavy (non-hydrogen) atoms. The Kier molecular flexibility index (Phi) is 7.79. The van der Waals surface area contributed by atoms with E-state index in [2.05, 4.69) is 21.2 Å². The SMILES string of the molecule is CC(C)(C)OC(=O)N[C@@H](CCCO)[C@@]1(c2ccccc2)Cc2c(cc(F)c(Cl)c2Br)N1C(=O)O. The number of ether oxygens (including phenoxy) is 1. The van der Waals surface area contributed by atoms with Gasteiger partial charge in [0.25, 0.3) is 0 Å². The molecular formula is C24H27BrClFN2O5. The first-order valence-corrected chi connectivity index (χ1v) is 11.9. The van der Waals surface area contributed by atoms with E-state index in [1.807, 2.05) is 0 Å². The zero-order valence-corrected chi connectivity index (χ0v) is 21.4. The van der Waals surface area contributed by atoms with Gasteiger partial charge in [-0.05, 0) is 66.7 Å². The summed E-state index contributed by atoms with van der Waals surface area (Å²) in [5.74, 6) is -0.769. The molecule has 0 aromatic heterocycles. The van der Waals surface area contributed by atoms with Crippen molar-refractivity contribution in [2.24, 2.45) is 0 Å². The highest BCUT2D eigenvalue weighted by Gasteiger charge is 2.55. The number of aliphatic hydroxyl groups excluding tert-OH is 1. The molecule has 2 atom stereocenters. The first-order chi connectivity index (χ1) is 15.9. The normalized spacial score (nSPS) is 18.4. The number of alkyl carbamates (subject to hydrolysis) is 1. The van der Waals surface area contributed by atoms with Crippen LogP contribution in [-0.4, -0.2) is 40.6 Å². The number of amides is 2. The molecule has 0 unspecified atom stereocenters. The Bertz CT molecular complexity index is 1080. The van der Waals surface area contributed by atoms with E-state index in [9.17, 15) is 24.2 Å². The molecule has 3 rings (SSSR count). The summed E-state index contributed by atoms with van der Waals surface area (Å²) in [7, 11) is 0. The molecule has 10 heteroatoms. The number of hydrogen-bond acceptors (Lipinski definition) is 4. The van der Waals surface area contributed by atoms with Gasteiger partial charge in [-0.25, -0.2) is 14.0 Å². The van der Waals surface area contributed by atoms with Crippen LogP contribution in [0.3, 0.4) is 0 Å². The zero-order valence-electron chi connectivity index (χ0n) is 19.1. The van der Waals surface area contributed by atoms with E-state index in [-0.39, 0.29) is 41.1 Å². The highest BCUT2D eigenvalue weighted by Crippen LogP contribution is 2.52. The molecule has 0 bridgehead atoms. The molecule has 0 spiro atoms. The van der Waals surface area contributed by atoms with E-state index < -0.39 is 35.2 Å². The molecule has 1 heterocycles. The molecule has 7 nitrogen and oxygen atoms in total. The summed E-state index contributed by atoms with van der Waals surface area (Å²) in [4.78, 5) is 26.6. The molecule has 3 N–H and O–H groups in total. The fraction of sp³-hybridized carbons (Fsp3) is 0.417. The number of benzene rings is 2. The lowest BCUT2D eigenvalue weighted by molar-refractivity contribution is 0.0465. The van der Waals surface area contributed by atoms with Crippen molar-refractivity contribution in [3.8, 4) is 0 Å². The second kappa shape index (κ2) is 10.1. The lowest BCUT2D eigenvalue weighted by Crippen LogP contribution is -2.61. The van der Waals surface area contributed by atoms with E-state index in [0.29, 0.717) is 11.1 Å². The van der Waals surface area contributed by atoms with Crippen LogP contribution in [0.2, 0.25) is 5.02 Å². The molecule has 0 saturated carbocycles. The Labute approximate surface area is 211 Å². The monoisotopic (exact) mass is 556 g/mol. The summed E-state index contributed by atoms with van der Waals surface area (Å²) in [6, 6.07) is 9.11. The lowest BCUT2D eigenvalue weighted by atomic mass is 9.77. The van der Waals surface area contributed by atoms with E-state index in [0.717, 1.165) is 11.0 Å². The van der Waals surface area contributed by atoms with Gasteiger partial charge in [0.05, 0.1) is 16.8 Å². The van der Waals surface area contributed by atoms with Crippen molar-refractivity contribution in [2.45, 2.75) is 57.2 Å². The third-order valence-electron chi connectivity index (χ3n) is 5.71. The van der Waals surface area contributed by atoms with Crippen LogP contribution in [0.1, 0.15) is 44.7 Å². The van der Waals surface area contributed by atoms with Crippen LogP contribution >= 0.6 is 27.5 Å². The number of fused-ring (bicyclic) bond motifs is 1. The Morgan fingerprint density at radius 1 is 1.32 bits per heavy atom. The smallest absolute Gasteiger partial charge is 0.412 e. The van der Waals surface area contributed by atoms with Crippen LogP contribution in [0.25, 0.3) is 0 Å². The first-order valence-electron chi connectivity index (χ1n) is 10.8. The second-order valence-corrected chi connectivity index (χ2v) is 10.3. The fourth-order valence-corrected chi connectivity index (χ4v) is 5.14. The summed E-state index contributed by atoms with van der Waals surface area (Å²) in [5, 5.41) is 22.6. The molecule has 1 aliphatic heterocycles. The van der Waals surface area contributed by atoms with E-state index in [4.69, 9.17) is 16.3 Å². The summed E-state index contributed by atoms with van der Waals surface area (Å²) in [6.07, 6.45) is -1.43. The summed E-state index contributed by atoms with van der Waals surface area (Å²) < 4.78 is 20.3. The molecule has 0 saturated heterocycles. The van der Waals surface area contributed by atoms with Crippen molar-refractivity contribution >= 4 is 45.4 Å². The van der Waals surface area contributed by atoms with Gasteiger partial charge in [-0.1, -0.05) is 41.9 Å². The Morgan fingerprint density at radius 3 is 2.53 bits per heavy atom. The van der Waals surface area contributed by atoms with Gasteiger partial charge in [0.2, 0.25) is 0 Å². The van der Waals surface area contributed by atoms with Crippen molar-refractivity contribution in [1.82, 2.24) is 5.32 Å². The quantitative estimate of drug-likeness (QED) is 0.387. The number of carbonyl (C=O) groups is 2. The van der Waals surface area contributed by atoms with Gasteiger partial charge in [-0.2, -0.15) is 0 Å². The topological polar surface area (TPSA) is 99.1 Å². The molecule has 0 fully saturated rings. The Hall–Kier alpha value is -2.36. The molecule has 0 radical (unpaired) electrons. The maximum atomic E-state index is 14.6. The molecule has 1 aliphatic rings. The predicted octanol–water partition coefficient (Wildman–Crippen LogP) is 5.84. The van der Waals surface area contributed by atoms with Crippen molar-refractivity contribution in [3.05, 3.63) is 62.8 Å². The van der Waals surface area contributed by atoms with Gasteiger partial charge in [0, 0.05) is 17.5 Å². The van der Waals surface area contributed by atoms with Crippen molar-refractivity contribution < 1.29 is 28.9 Å². The standard InChI is InChI=1S/C24H27BrClFN2O5/c1-23(2,3)34-21(31)28-18(10-7-11-30)24(14-8-5-4-6-9-14)13-15-17(29(24)22(32)33)12-16(27)20(26)19(15)25/h4-6,8-9,12,18,30H,7,10-11,13H2,1-3H3,(H,28,31)(H,32,33)/t18-,24-/m0/s1. The molecule has 2 aromatic rings. The number of carbonyl (C=O) groups excluding carboxylic acids is 1. The zero-order chi connectivity index (χ0) is 25.3. The van der Waals surface area contributed by atoms with Crippen molar-refractivity contribution in [3.63, 3.8) is 0 Å². The van der Waals surface area contributed by atoms with Gasteiger partial charge in [-0.3, -0.25) is 4.90 Å². The van der Waals surface area contributed by atoms with E-state index in [1.165, 1.54) is 0 Å². The van der Waals surface area contributed by atoms with Crippen LogP contribution in [-0.2, 0) is 16.7 Å². The average Bonchev–Trinajstić information content (AvgIpc) is 3.10. The largest absolute Gasteiger partial charge is 0.465 e. The first kappa shape index (κ1) is 26.2. The number of aliphatic hydroxyl groups is 1. The van der Waals surface area contributed by atoms with Gasteiger partial charge < -0.3 is 20.3 Å². The van der Waals surface area contributed by atoms with Gasteiger partial charge in [0.1, 0.15) is 17.0 Å². The summed E-state index contributed by atoms with van der Waals surface area (Å²) in [6.45, 7) is 5.00. The van der Waals surface area contributed by atoms with Crippen LogP contribution in [0.15, 0.2) is 40.9 Å². The number of halogens is 3. The molecule has 184 valence electrons. The highest BCUT2D eigenvalue weighted by molar-refractivity contribution is 9.10. The molecule has 2 aromatic carbocycles. The number of nitrogens with one attached hydrogen (secondary N) is 1. The van der Waals surface area contributed by atoms with Gasteiger partial charge in [-0.15, -0.1) is 0 Å². The van der Waals surface area contributed by atoms with Crippen LogP contribution < -0.4 is 10.2 Å². The Balaban J connectivity index is 2.25. The Morgan fingerprint density at radius 2 is 1.97 bits per heavy atom. The minimum absolute atomic E-state index is 0.102. The molecule has 2 amide bonds. The van der Waals surface area contributed by atoms with Gasteiger partial charge >= 0.3 is 12.2 Å². The number of rotatable bonds is 6. The average molecular weight is 558 g/mol. The minimum atomic E-state index is -1.36. The lowest BCUT2D eigenvalue weighted by Gasteiger charge is -2.44. The second-order valence-electron chi connectivity index (χ2n) is 9.13. The molecule has 0 aliphatic carbocycles. The summed E-state index contributed by atoms with van der Waals surface area (Å²) >= 11 is 9.47. The number of nitrogens with zero attached hydrogens (tertiary/aromatic N) is 1. The third kappa shape index (κ3) is 5.01. The van der Waals surface area contributed by atoms with E-state index >= 15 is 0 Å². The third-order valence-corrected chi connectivity index (χ3v) is 7.18. The van der Waals surface area contributed by atoms with Crippen LogP contribution in [0.5, 0.6) is 0 Å². The number of anilines is 1. The molecular weight excluding hydrogens is 531 g/mol. The van der Waals surface area contributed by atoms with Crippen LogP contribution in [0.4, 0.5) is 19.7 Å². The van der Waals surface area contributed by atoms with Crippen LogP contribution in [0, 0.1) is 5.82 Å². The number of hydrogen-bond donors (Lipinski definition) is 3. The van der Waals surface area contributed by atoms with Crippen molar-refractivity contribution in [1.29, 1.82) is 0 Å². The maximum absolute atomic E-state index is 14.6. The maximum Gasteiger partial charge on any atom is 0.412 e. The van der Waals surface area contributed by atoms with Crippen molar-refractivity contribution in [2.75, 3.05) is 11.5 Å².